The highest BCUT2D eigenvalue weighted by atomic mass is 16.3. The van der Waals surface area contributed by atoms with Gasteiger partial charge in [0.25, 0.3) is 0 Å². The Morgan fingerprint density at radius 1 is 1.20 bits per heavy atom. The number of aliphatic hydroxyl groups excluding tert-OH is 1. The fourth-order valence-corrected chi connectivity index (χ4v) is 1.08. The molecule has 1 aromatic carbocycles. The van der Waals surface area contributed by atoms with Crippen LogP contribution in [0.3, 0.4) is 0 Å². The van der Waals surface area contributed by atoms with Crippen LogP contribution in [0.15, 0.2) is 44.0 Å². The van der Waals surface area contributed by atoms with Crippen LogP contribution in [0.25, 0.3) is 6.08 Å². The molecule has 1 heteroatoms. The molecule has 0 radical (unpaired) electrons. The van der Waals surface area contributed by atoms with Gasteiger partial charge in [-0.05, 0) is 18.1 Å². The van der Waals surface area contributed by atoms with Gasteiger partial charge < -0.3 is 5.11 Å². The van der Waals surface area contributed by atoms with E-state index >= 15 is 0 Å². The quantitative estimate of drug-likeness (QED) is 0.719. The number of benzene rings is 1. The summed E-state index contributed by atoms with van der Waals surface area (Å²) < 4.78 is 0. The molecule has 0 amide bonds. The summed E-state index contributed by atoms with van der Waals surface area (Å²) in [6, 6.07) is 7.69. The van der Waals surface area contributed by atoms with Crippen LogP contribution in [0, 0.1) is 0 Å². The van der Waals surface area contributed by atoms with Gasteiger partial charge in [0.05, 0.1) is 6.10 Å². The number of hydrogen-bond acceptors (Lipinski definition) is 1. The van der Waals surface area contributed by atoms with Gasteiger partial charge in [-0.15, -0.1) is 13.2 Å². The van der Waals surface area contributed by atoms with Crippen LogP contribution in [-0.2, 0) is 0 Å². The first kappa shape index (κ1) is 16.1. The van der Waals surface area contributed by atoms with Gasteiger partial charge in [-0.25, -0.2) is 0 Å². The second kappa shape index (κ2) is 10.7. The molecule has 0 fully saturated rings. The summed E-state index contributed by atoms with van der Waals surface area (Å²) >= 11 is 0. The van der Waals surface area contributed by atoms with Crippen LogP contribution in [0.1, 0.15) is 38.0 Å². The van der Waals surface area contributed by atoms with Crippen LogP contribution in [-0.4, -0.2) is 5.11 Å². The standard InChI is InChI=1S/C10H12O.C2H6.C2H4/c1-3-9-6-4-5-7-10(9)8(2)11;2*1-2/h3-8,11H,1H2,2H3;1-2H3;1-2H2. The maximum Gasteiger partial charge on any atom is 0.0767 e. The van der Waals surface area contributed by atoms with Crippen LogP contribution in [0.4, 0.5) is 0 Å². The zero-order chi connectivity index (χ0) is 12.3. The summed E-state index contributed by atoms with van der Waals surface area (Å²) in [5.41, 5.74) is 1.94. The van der Waals surface area contributed by atoms with Gasteiger partial charge in [0, 0.05) is 0 Å². The highest BCUT2D eigenvalue weighted by molar-refractivity contribution is 5.52. The van der Waals surface area contributed by atoms with E-state index in [0.717, 1.165) is 11.1 Å². The second-order valence-corrected chi connectivity index (χ2v) is 2.51. The first-order valence-corrected chi connectivity index (χ1v) is 5.15. The average molecular weight is 206 g/mol. The van der Waals surface area contributed by atoms with E-state index in [4.69, 9.17) is 0 Å². The Hall–Kier alpha value is -1.34. The minimum Gasteiger partial charge on any atom is -0.389 e. The lowest BCUT2D eigenvalue weighted by Gasteiger charge is -2.07. The Bertz CT molecular complexity index is 264. The average Bonchev–Trinajstić information content (AvgIpc) is 2.34. The Balaban J connectivity index is 0. The van der Waals surface area contributed by atoms with Gasteiger partial charge in [-0.2, -0.15) is 0 Å². The van der Waals surface area contributed by atoms with Crippen molar-refractivity contribution in [3.8, 4) is 0 Å². The molecule has 0 spiro atoms. The zero-order valence-corrected chi connectivity index (χ0v) is 10.0. The van der Waals surface area contributed by atoms with Crippen molar-refractivity contribution >= 4 is 6.08 Å². The first-order valence-electron chi connectivity index (χ1n) is 5.15. The fourth-order valence-electron chi connectivity index (χ4n) is 1.08. The predicted molar refractivity (Wildman–Crippen MR) is 69.8 cm³/mol. The largest absolute Gasteiger partial charge is 0.389 e. The van der Waals surface area contributed by atoms with Crippen LogP contribution in [0.5, 0.6) is 0 Å². The lowest BCUT2D eigenvalue weighted by atomic mass is 10.0. The zero-order valence-electron chi connectivity index (χ0n) is 10.0. The summed E-state index contributed by atoms with van der Waals surface area (Å²) in [4.78, 5) is 0. The maximum absolute atomic E-state index is 9.29. The summed E-state index contributed by atoms with van der Waals surface area (Å²) in [6.07, 6.45) is 1.34. The summed E-state index contributed by atoms with van der Waals surface area (Å²) in [5, 5.41) is 9.29. The molecule has 1 rings (SSSR count). The van der Waals surface area contributed by atoms with Crippen molar-refractivity contribution in [1.82, 2.24) is 0 Å². The Labute approximate surface area is 93.8 Å². The molecule has 1 nitrogen and oxygen atoms in total. The van der Waals surface area contributed by atoms with Gasteiger partial charge in [-0.1, -0.05) is 50.8 Å². The predicted octanol–water partition coefficient (Wildman–Crippen LogP) is 4.21. The molecule has 0 aromatic heterocycles. The summed E-state index contributed by atoms with van der Waals surface area (Å²) in [6.45, 7) is 15.4. The monoisotopic (exact) mass is 206 g/mol. The molecule has 0 aliphatic carbocycles. The normalized spacial score (nSPS) is 9.87. The van der Waals surface area contributed by atoms with E-state index in [1.165, 1.54) is 0 Å². The summed E-state index contributed by atoms with van der Waals surface area (Å²) in [5.74, 6) is 0. The SMILES string of the molecule is C=C.C=Cc1ccccc1C(C)O.CC. The van der Waals surface area contributed by atoms with E-state index in [9.17, 15) is 5.11 Å². The molecule has 0 heterocycles. The molecular formula is C14H22O. The van der Waals surface area contributed by atoms with Crippen molar-refractivity contribution in [2.24, 2.45) is 0 Å². The first-order chi connectivity index (χ1) is 7.25. The van der Waals surface area contributed by atoms with Gasteiger partial charge in [0.15, 0.2) is 0 Å². The molecule has 0 saturated carbocycles. The highest BCUT2D eigenvalue weighted by Gasteiger charge is 2.02. The lowest BCUT2D eigenvalue weighted by molar-refractivity contribution is 0.199. The molecule has 0 bridgehead atoms. The Morgan fingerprint density at radius 2 is 1.67 bits per heavy atom. The van der Waals surface area contributed by atoms with E-state index in [0.29, 0.717) is 0 Å². The fraction of sp³-hybridized carbons (Fsp3) is 0.286. The molecule has 1 unspecified atom stereocenters. The van der Waals surface area contributed by atoms with Crippen LogP contribution < -0.4 is 0 Å². The summed E-state index contributed by atoms with van der Waals surface area (Å²) in [7, 11) is 0. The van der Waals surface area contributed by atoms with Crippen molar-refractivity contribution in [3.63, 3.8) is 0 Å². The van der Waals surface area contributed by atoms with E-state index < -0.39 is 6.10 Å². The minimum atomic E-state index is -0.413. The molecule has 84 valence electrons. The Kier molecular flexibility index (Phi) is 11.5. The van der Waals surface area contributed by atoms with Gasteiger partial charge in [0.1, 0.15) is 0 Å². The van der Waals surface area contributed by atoms with Gasteiger partial charge >= 0.3 is 0 Å². The smallest absolute Gasteiger partial charge is 0.0767 e. The topological polar surface area (TPSA) is 20.2 Å². The van der Waals surface area contributed by atoms with Crippen molar-refractivity contribution in [2.75, 3.05) is 0 Å². The number of rotatable bonds is 2. The maximum atomic E-state index is 9.29. The molecule has 15 heavy (non-hydrogen) atoms. The van der Waals surface area contributed by atoms with Crippen LogP contribution >= 0.6 is 0 Å². The van der Waals surface area contributed by atoms with E-state index in [-0.39, 0.29) is 0 Å². The van der Waals surface area contributed by atoms with Crippen molar-refractivity contribution < 1.29 is 5.11 Å². The van der Waals surface area contributed by atoms with E-state index in [1.54, 1.807) is 13.0 Å². The molecule has 1 atom stereocenters. The van der Waals surface area contributed by atoms with Gasteiger partial charge in [0.2, 0.25) is 0 Å². The molecule has 0 aliphatic rings. The van der Waals surface area contributed by atoms with E-state index in [1.807, 2.05) is 38.1 Å². The number of aliphatic hydroxyl groups is 1. The molecule has 0 saturated heterocycles. The number of hydrogen-bond donors (Lipinski definition) is 1. The lowest BCUT2D eigenvalue weighted by Crippen LogP contribution is -1.93. The molecule has 1 aromatic rings. The third-order valence-electron chi connectivity index (χ3n) is 1.67. The molecular weight excluding hydrogens is 184 g/mol. The van der Waals surface area contributed by atoms with Crippen molar-refractivity contribution in [3.05, 3.63) is 55.1 Å². The Morgan fingerprint density at radius 3 is 2.00 bits per heavy atom. The third-order valence-corrected chi connectivity index (χ3v) is 1.67. The van der Waals surface area contributed by atoms with Crippen molar-refractivity contribution in [1.29, 1.82) is 0 Å². The molecule has 1 N–H and O–H groups in total. The minimum absolute atomic E-state index is 0.413. The van der Waals surface area contributed by atoms with Crippen molar-refractivity contribution in [2.45, 2.75) is 26.9 Å². The molecule has 0 aliphatic heterocycles. The van der Waals surface area contributed by atoms with Crippen LogP contribution in [0.2, 0.25) is 0 Å². The van der Waals surface area contributed by atoms with E-state index in [2.05, 4.69) is 19.7 Å². The second-order valence-electron chi connectivity index (χ2n) is 2.51. The third kappa shape index (κ3) is 5.87. The highest BCUT2D eigenvalue weighted by Crippen LogP contribution is 2.17. The van der Waals surface area contributed by atoms with Gasteiger partial charge in [-0.3, -0.25) is 0 Å².